The molecule has 0 unspecified atom stereocenters. The molecule has 0 aliphatic rings. The molecule has 3 nitrogen and oxygen atoms in total. The van der Waals surface area contributed by atoms with Crippen molar-refractivity contribution in [3.05, 3.63) is 24.4 Å². The average molecular weight is 258 g/mol. The number of nitrogens with zero attached hydrogens (tertiary/aromatic N) is 1. The number of pyridine rings is 1. The minimum absolute atomic E-state index is 0.0473. The normalized spacial score (nSPS) is 9.84. The molecule has 0 bridgehead atoms. The lowest BCUT2D eigenvalue weighted by atomic mass is 10.1. The van der Waals surface area contributed by atoms with Gasteiger partial charge in [0.15, 0.2) is 0 Å². The minimum Gasteiger partial charge on any atom is -0.311 e. The summed E-state index contributed by atoms with van der Waals surface area (Å²) < 4.78 is 0. The zero-order valence-electron chi connectivity index (χ0n) is 11.4. The number of aromatic nitrogens is 1. The molecule has 19 heavy (non-hydrogen) atoms. The molecule has 1 rings (SSSR count). The van der Waals surface area contributed by atoms with E-state index < -0.39 is 0 Å². The van der Waals surface area contributed by atoms with Crippen molar-refractivity contribution in [2.75, 3.05) is 5.32 Å². The molecule has 102 valence electrons. The van der Waals surface area contributed by atoms with E-state index in [9.17, 15) is 4.79 Å². The van der Waals surface area contributed by atoms with E-state index in [-0.39, 0.29) is 5.91 Å². The third-order valence-corrected chi connectivity index (χ3v) is 2.91. The van der Waals surface area contributed by atoms with Crippen LogP contribution in [0.25, 0.3) is 0 Å². The van der Waals surface area contributed by atoms with Crippen LogP contribution in [0.5, 0.6) is 0 Å². The van der Waals surface area contributed by atoms with E-state index in [1.165, 1.54) is 19.3 Å². The van der Waals surface area contributed by atoms with Crippen LogP contribution in [0.2, 0.25) is 0 Å². The summed E-state index contributed by atoms with van der Waals surface area (Å²) in [6.45, 7) is 0. The van der Waals surface area contributed by atoms with Gasteiger partial charge in [-0.1, -0.05) is 31.7 Å². The van der Waals surface area contributed by atoms with Crippen molar-refractivity contribution in [3.63, 3.8) is 0 Å². The van der Waals surface area contributed by atoms with Crippen LogP contribution in [-0.4, -0.2) is 10.9 Å². The highest BCUT2D eigenvalue weighted by Gasteiger charge is 2.02. The second kappa shape index (κ2) is 10.1. The number of anilines is 1. The standard InChI is InChI=1S/C16H22N2O/c1-2-3-4-5-6-7-8-9-13-16(19)18-15-12-10-11-14-17-15/h1,10-12,14H,3-9,13H2,(H,17,18,19). The predicted octanol–water partition coefficient (Wildman–Crippen LogP) is 3.77. The van der Waals surface area contributed by atoms with Gasteiger partial charge < -0.3 is 5.32 Å². The van der Waals surface area contributed by atoms with Gasteiger partial charge in [0.1, 0.15) is 5.82 Å². The molecule has 0 aliphatic carbocycles. The highest BCUT2D eigenvalue weighted by atomic mass is 16.1. The van der Waals surface area contributed by atoms with Crippen molar-refractivity contribution in [2.45, 2.75) is 51.4 Å². The average Bonchev–Trinajstić information content (AvgIpc) is 2.43. The van der Waals surface area contributed by atoms with Gasteiger partial charge in [-0.2, -0.15) is 0 Å². The van der Waals surface area contributed by atoms with E-state index in [1.807, 2.05) is 12.1 Å². The van der Waals surface area contributed by atoms with E-state index in [0.717, 1.165) is 25.7 Å². The van der Waals surface area contributed by atoms with Crippen molar-refractivity contribution in [2.24, 2.45) is 0 Å². The molecule has 0 spiro atoms. The van der Waals surface area contributed by atoms with Gasteiger partial charge in [0.2, 0.25) is 5.91 Å². The third kappa shape index (κ3) is 7.99. The van der Waals surface area contributed by atoms with E-state index in [4.69, 9.17) is 6.42 Å². The Labute approximate surface area is 115 Å². The van der Waals surface area contributed by atoms with E-state index in [1.54, 1.807) is 12.3 Å². The molecule has 0 radical (unpaired) electrons. The number of hydrogen-bond donors (Lipinski definition) is 1. The summed E-state index contributed by atoms with van der Waals surface area (Å²) in [6.07, 6.45) is 15.1. The summed E-state index contributed by atoms with van der Waals surface area (Å²) in [5, 5.41) is 2.79. The summed E-state index contributed by atoms with van der Waals surface area (Å²) in [4.78, 5) is 15.7. The van der Waals surface area contributed by atoms with Crippen molar-refractivity contribution >= 4 is 11.7 Å². The number of amides is 1. The smallest absolute Gasteiger partial charge is 0.225 e. The molecule has 0 saturated heterocycles. The van der Waals surface area contributed by atoms with Gasteiger partial charge in [0.05, 0.1) is 0 Å². The number of hydrogen-bond acceptors (Lipinski definition) is 2. The lowest BCUT2D eigenvalue weighted by Gasteiger charge is -2.04. The van der Waals surface area contributed by atoms with E-state index in [0.29, 0.717) is 12.2 Å². The Bertz CT molecular complexity index is 395. The Hall–Kier alpha value is -1.82. The Morgan fingerprint density at radius 3 is 2.58 bits per heavy atom. The Balaban J connectivity index is 1.98. The molecular weight excluding hydrogens is 236 g/mol. The summed E-state index contributed by atoms with van der Waals surface area (Å²) in [5.74, 6) is 3.32. The van der Waals surface area contributed by atoms with Crippen LogP contribution in [0.15, 0.2) is 24.4 Å². The zero-order valence-corrected chi connectivity index (χ0v) is 11.4. The zero-order chi connectivity index (χ0) is 13.8. The van der Waals surface area contributed by atoms with Crippen LogP contribution in [0.1, 0.15) is 51.4 Å². The summed E-state index contributed by atoms with van der Waals surface area (Å²) in [7, 11) is 0. The molecule has 1 amide bonds. The fraction of sp³-hybridized carbons (Fsp3) is 0.500. The first-order valence-corrected chi connectivity index (χ1v) is 6.97. The molecule has 0 aliphatic heterocycles. The molecule has 1 N–H and O–H groups in total. The molecule has 1 aromatic heterocycles. The molecular formula is C16H22N2O. The van der Waals surface area contributed by atoms with Gasteiger partial charge in [0.25, 0.3) is 0 Å². The molecule has 0 fully saturated rings. The molecule has 1 aromatic rings. The van der Waals surface area contributed by atoms with Gasteiger partial charge in [-0.25, -0.2) is 4.98 Å². The van der Waals surface area contributed by atoms with Crippen molar-refractivity contribution in [1.29, 1.82) is 0 Å². The highest BCUT2D eigenvalue weighted by Crippen LogP contribution is 2.09. The fourth-order valence-corrected chi connectivity index (χ4v) is 1.86. The number of nitrogens with one attached hydrogen (secondary N) is 1. The summed E-state index contributed by atoms with van der Waals surface area (Å²) >= 11 is 0. The SMILES string of the molecule is C#CCCCCCCCCC(=O)Nc1ccccn1. The largest absolute Gasteiger partial charge is 0.311 e. The number of carbonyl (C=O) groups excluding carboxylic acids is 1. The van der Waals surface area contributed by atoms with Gasteiger partial charge in [-0.15, -0.1) is 12.3 Å². The highest BCUT2D eigenvalue weighted by molar-refractivity contribution is 5.89. The molecule has 0 atom stereocenters. The van der Waals surface area contributed by atoms with Crippen LogP contribution < -0.4 is 5.32 Å². The van der Waals surface area contributed by atoms with Crippen LogP contribution in [0.4, 0.5) is 5.82 Å². The second-order valence-electron chi connectivity index (χ2n) is 4.59. The molecule has 1 heterocycles. The number of unbranched alkanes of at least 4 members (excludes halogenated alkanes) is 6. The topological polar surface area (TPSA) is 42.0 Å². The Morgan fingerprint density at radius 1 is 1.16 bits per heavy atom. The Kier molecular flexibility index (Phi) is 8.13. The maximum atomic E-state index is 11.6. The van der Waals surface area contributed by atoms with Crippen LogP contribution in [-0.2, 0) is 4.79 Å². The van der Waals surface area contributed by atoms with Crippen LogP contribution >= 0.6 is 0 Å². The number of carbonyl (C=O) groups is 1. The quantitative estimate of drug-likeness (QED) is 0.541. The lowest BCUT2D eigenvalue weighted by Crippen LogP contribution is -2.11. The van der Waals surface area contributed by atoms with Gasteiger partial charge in [-0.3, -0.25) is 4.79 Å². The van der Waals surface area contributed by atoms with Crippen LogP contribution in [0.3, 0.4) is 0 Å². The van der Waals surface area contributed by atoms with Crippen LogP contribution in [0, 0.1) is 12.3 Å². The second-order valence-corrected chi connectivity index (χ2v) is 4.59. The summed E-state index contributed by atoms with van der Waals surface area (Å²) in [5.41, 5.74) is 0. The van der Waals surface area contributed by atoms with Gasteiger partial charge in [0, 0.05) is 19.0 Å². The first-order valence-electron chi connectivity index (χ1n) is 6.97. The van der Waals surface area contributed by atoms with Crippen molar-refractivity contribution < 1.29 is 4.79 Å². The first kappa shape index (κ1) is 15.2. The predicted molar refractivity (Wildman–Crippen MR) is 78.6 cm³/mol. The van der Waals surface area contributed by atoms with E-state index in [2.05, 4.69) is 16.2 Å². The van der Waals surface area contributed by atoms with Crippen molar-refractivity contribution in [1.82, 2.24) is 4.98 Å². The van der Waals surface area contributed by atoms with Crippen molar-refractivity contribution in [3.8, 4) is 12.3 Å². The maximum absolute atomic E-state index is 11.6. The first-order chi connectivity index (χ1) is 9.33. The lowest BCUT2D eigenvalue weighted by molar-refractivity contribution is -0.116. The Morgan fingerprint density at radius 2 is 1.89 bits per heavy atom. The molecule has 3 heteroatoms. The molecule has 0 aromatic carbocycles. The third-order valence-electron chi connectivity index (χ3n) is 2.91. The number of terminal acetylenes is 1. The maximum Gasteiger partial charge on any atom is 0.225 e. The molecule has 0 saturated carbocycles. The fourth-order valence-electron chi connectivity index (χ4n) is 1.86. The minimum atomic E-state index is 0.0473. The van der Waals surface area contributed by atoms with Gasteiger partial charge in [-0.05, 0) is 25.0 Å². The summed E-state index contributed by atoms with van der Waals surface area (Å²) in [6, 6.07) is 5.48. The van der Waals surface area contributed by atoms with Gasteiger partial charge >= 0.3 is 0 Å². The number of rotatable bonds is 9. The van der Waals surface area contributed by atoms with E-state index >= 15 is 0 Å². The monoisotopic (exact) mass is 258 g/mol.